The lowest BCUT2D eigenvalue weighted by Gasteiger charge is -2.31. The number of aliphatic hydroxyl groups is 1. The summed E-state index contributed by atoms with van der Waals surface area (Å²) in [4.78, 5) is 2.39. The molecule has 0 aromatic heterocycles. The van der Waals surface area contributed by atoms with E-state index in [9.17, 15) is 5.11 Å². The number of rotatable bonds is 2. The molecule has 2 rings (SSSR count). The zero-order valence-electron chi connectivity index (χ0n) is 13.7. The molecule has 1 aliphatic rings. The third kappa shape index (κ3) is 3.62. The Morgan fingerprint density at radius 1 is 1.20 bits per heavy atom. The molecule has 1 heterocycles. The predicted octanol–water partition coefficient (Wildman–Crippen LogP) is 3.56. The third-order valence-corrected chi connectivity index (χ3v) is 4.42. The van der Waals surface area contributed by atoms with Crippen LogP contribution in [0.5, 0.6) is 0 Å². The first-order valence-electron chi connectivity index (χ1n) is 7.78. The van der Waals surface area contributed by atoms with Crippen LogP contribution in [0.4, 0.5) is 0 Å². The van der Waals surface area contributed by atoms with Crippen molar-refractivity contribution in [1.29, 1.82) is 0 Å². The van der Waals surface area contributed by atoms with Crippen LogP contribution in [-0.2, 0) is 12.0 Å². The number of nitrogens with zero attached hydrogens (tertiary/aromatic N) is 1. The molecule has 0 saturated carbocycles. The molecule has 2 nitrogen and oxygen atoms in total. The number of hydrogen-bond donors (Lipinski definition) is 1. The van der Waals surface area contributed by atoms with Crippen molar-refractivity contribution in [3.05, 3.63) is 34.4 Å². The summed E-state index contributed by atoms with van der Waals surface area (Å²) in [6, 6.07) is 4.67. The van der Waals surface area contributed by atoms with E-state index in [-0.39, 0.29) is 11.5 Å². The summed E-state index contributed by atoms with van der Waals surface area (Å²) < 4.78 is 0. The normalized spacial score (nSPS) is 21.2. The Morgan fingerprint density at radius 3 is 2.30 bits per heavy atom. The summed E-state index contributed by atoms with van der Waals surface area (Å²) in [6.07, 6.45) is 1.93. The molecule has 0 radical (unpaired) electrons. The summed E-state index contributed by atoms with van der Waals surface area (Å²) in [5.74, 6) is 0. The number of β-amino-alcohol motifs (C(OH)–C–C–N with tert-alkyl or cyclic N) is 1. The Hall–Kier alpha value is -0.860. The number of aryl methyl sites for hydroxylation is 2. The van der Waals surface area contributed by atoms with E-state index in [1.54, 1.807) is 0 Å². The average Bonchev–Trinajstić information content (AvgIpc) is 2.32. The molecule has 1 fully saturated rings. The molecule has 1 atom stereocenters. The molecular formula is C18H29NO. The fraction of sp³-hybridized carbons (Fsp3) is 0.667. The molecule has 0 bridgehead atoms. The van der Waals surface area contributed by atoms with Gasteiger partial charge in [0, 0.05) is 13.1 Å². The first-order chi connectivity index (χ1) is 9.27. The van der Waals surface area contributed by atoms with Gasteiger partial charge in [-0.2, -0.15) is 0 Å². The van der Waals surface area contributed by atoms with Crippen LogP contribution in [0.3, 0.4) is 0 Å². The molecule has 1 aliphatic heterocycles. The molecular weight excluding hydrogens is 246 g/mol. The fourth-order valence-corrected chi connectivity index (χ4v) is 3.07. The second-order valence-electron chi connectivity index (χ2n) is 7.37. The Kier molecular flexibility index (Phi) is 4.55. The van der Waals surface area contributed by atoms with Crippen molar-refractivity contribution in [2.24, 2.45) is 0 Å². The lowest BCUT2D eigenvalue weighted by atomic mass is 9.83. The number of hydrogen-bond acceptors (Lipinski definition) is 2. The first kappa shape index (κ1) is 15.5. The van der Waals surface area contributed by atoms with E-state index in [4.69, 9.17) is 0 Å². The number of piperidine rings is 1. The molecule has 1 aromatic rings. The SMILES string of the molecule is Cc1cc(C(C)(C)C)cc(C)c1CN1CCCC(O)C1. The standard InChI is InChI=1S/C18H29NO/c1-13-9-15(18(3,4)5)10-14(2)17(13)12-19-8-6-7-16(20)11-19/h9-10,16,20H,6-8,11-12H2,1-5H3. The molecule has 20 heavy (non-hydrogen) atoms. The van der Waals surface area contributed by atoms with Gasteiger partial charge in [-0.25, -0.2) is 0 Å². The number of aliphatic hydroxyl groups excluding tert-OH is 1. The van der Waals surface area contributed by atoms with E-state index in [0.29, 0.717) is 0 Å². The van der Waals surface area contributed by atoms with Crippen LogP contribution in [0.1, 0.15) is 55.9 Å². The second-order valence-corrected chi connectivity index (χ2v) is 7.37. The van der Waals surface area contributed by atoms with Gasteiger partial charge in [0.1, 0.15) is 0 Å². The first-order valence-corrected chi connectivity index (χ1v) is 7.78. The molecule has 1 unspecified atom stereocenters. The molecule has 0 spiro atoms. The maximum atomic E-state index is 9.81. The van der Waals surface area contributed by atoms with Gasteiger partial charge < -0.3 is 5.11 Å². The zero-order chi connectivity index (χ0) is 14.9. The number of likely N-dealkylation sites (tertiary alicyclic amines) is 1. The van der Waals surface area contributed by atoms with E-state index in [1.165, 1.54) is 22.3 Å². The Balaban J connectivity index is 2.20. The fourth-order valence-electron chi connectivity index (χ4n) is 3.07. The van der Waals surface area contributed by atoms with Crippen molar-refractivity contribution < 1.29 is 5.11 Å². The molecule has 0 aliphatic carbocycles. The summed E-state index contributed by atoms with van der Waals surface area (Å²) in [6.45, 7) is 14.1. The van der Waals surface area contributed by atoms with E-state index >= 15 is 0 Å². The van der Waals surface area contributed by atoms with Crippen molar-refractivity contribution in [2.75, 3.05) is 13.1 Å². The summed E-state index contributed by atoms with van der Waals surface area (Å²) in [5, 5.41) is 9.81. The van der Waals surface area contributed by atoms with Crippen LogP contribution in [0.25, 0.3) is 0 Å². The zero-order valence-corrected chi connectivity index (χ0v) is 13.7. The molecule has 2 heteroatoms. The largest absolute Gasteiger partial charge is 0.392 e. The van der Waals surface area contributed by atoms with Crippen LogP contribution in [0.2, 0.25) is 0 Å². The number of benzene rings is 1. The second kappa shape index (κ2) is 5.87. The highest BCUT2D eigenvalue weighted by Gasteiger charge is 2.20. The van der Waals surface area contributed by atoms with Gasteiger partial charge >= 0.3 is 0 Å². The molecule has 1 N–H and O–H groups in total. The van der Waals surface area contributed by atoms with Crippen molar-refractivity contribution in [2.45, 2.75) is 65.5 Å². The van der Waals surface area contributed by atoms with E-state index in [0.717, 1.165) is 32.5 Å². The monoisotopic (exact) mass is 275 g/mol. The Labute approximate surface area is 123 Å². The van der Waals surface area contributed by atoms with Gasteiger partial charge in [-0.05, 0) is 60.9 Å². The highest BCUT2D eigenvalue weighted by Crippen LogP contribution is 2.28. The van der Waals surface area contributed by atoms with Gasteiger partial charge in [0.05, 0.1) is 6.10 Å². The van der Waals surface area contributed by atoms with Gasteiger partial charge in [0.25, 0.3) is 0 Å². The summed E-state index contributed by atoms with van der Waals surface area (Å²) >= 11 is 0. The smallest absolute Gasteiger partial charge is 0.0667 e. The predicted molar refractivity (Wildman–Crippen MR) is 85.1 cm³/mol. The van der Waals surface area contributed by atoms with Crippen LogP contribution >= 0.6 is 0 Å². The van der Waals surface area contributed by atoms with Crippen molar-refractivity contribution in [3.63, 3.8) is 0 Å². The summed E-state index contributed by atoms with van der Waals surface area (Å²) in [7, 11) is 0. The van der Waals surface area contributed by atoms with Crippen molar-refractivity contribution >= 4 is 0 Å². The highest BCUT2D eigenvalue weighted by atomic mass is 16.3. The van der Waals surface area contributed by atoms with E-state index < -0.39 is 0 Å². The summed E-state index contributed by atoms with van der Waals surface area (Å²) in [5.41, 5.74) is 5.82. The Morgan fingerprint density at radius 2 is 1.80 bits per heavy atom. The minimum atomic E-state index is -0.141. The maximum Gasteiger partial charge on any atom is 0.0667 e. The molecule has 0 amide bonds. The van der Waals surface area contributed by atoms with Gasteiger partial charge in [-0.1, -0.05) is 32.9 Å². The minimum absolute atomic E-state index is 0.141. The highest BCUT2D eigenvalue weighted by molar-refractivity contribution is 5.40. The average molecular weight is 275 g/mol. The lowest BCUT2D eigenvalue weighted by Crippen LogP contribution is -2.38. The van der Waals surface area contributed by atoms with Crippen LogP contribution < -0.4 is 0 Å². The van der Waals surface area contributed by atoms with Gasteiger partial charge in [-0.3, -0.25) is 4.90 Å². The Bertz CT molecular complexity index is 450. The van der Waals surface area contributed by atoms with Crippen LogP contribution in [0.15, 0.2) is 12.1 Å². The topological polar surface area (TPSA) is 23.5 Å². The maximum absolute atomic E-state index is 9.81. The van der Waals surface area contributed by atoms with Crippen LogP contribution in [0, 0.1) is 13.8 Å². The van der Waals surface area contributed by atoms with E-state index in [1.807, 2.05) is 0 Å². The van der Waals surface area contributed by atoms with Gasteiger partial charge in [-0.15, -0.1) is 0 Å². The minimum Gasteiger partial charge on any atom is -0.392 e. The van der Waals surface area contributed by atoms with Crippen molar-refractivity contribution in [1.82, 2.24) is 4.90 Å². The van der Waals surface area contributed by atoms with Gasteiger partial charge in [0.15, 0.2) is 0 Å². The third-order valence-electron chi connectivity index (χ3n) is 4.42. The molecule has 1 saturated heterocycles. The lowest BCUT2D eigenvalue weighted by molar-refractivity contribution is 0.0666. The van der Waals surface area contributed by atoms with E-state index in [2.05, 4.69) is 51.7 Å². The van der Waals surface area contributed by atoms with Crippen LogP contribution in [-0.4, -0.2) is 29.2 Å². The molecule has 112 valence electrons. The molecule has 1 aromatic carbocycles. The van der Waals surface area contributed by atoms with Gasteiger partial charge in [0.2, 0.25) is 0 Å². The quantitative estimate of drug-likeness (QED) is 0.892. The van der Waals surface area contributed by atoms with Crippen molar-refractivity contribution in [3.8, 4) is 0 Å².